The lowest BCUT2D eigenvalue weighted by molar-refractivity contribution is 0.285. The first kappa shape index (κ1) is 11.2. The van der Waals surface area contributed by atoms with Gasteiger partial charge >= 0.3 is 0 Å². The molecule has 0 radical (unpaired) electrons. The fraction of sp³-hybridized carbons (Fsp3) is 0.333. The second-order valence-corrected chi connectivity index (χ2v) is 4.75. The van der Waals surface area contributed by atoms with Crippen LogP contribution in [0.4, 0.5) is 0 Å². The van der Waals surface area contributed by atoms with Crippen LogP contribution in [0.1, 0.15) is 17.2 Å². The molecule has 1 atom stereocenters. The first-order valence-electron chi connectivity index (χ1n) is 4.23. The molecular weight excluding hydrogens is 202 g/mol. The van der Waals surface area contributed by atoms with Gasteiger partial charge in [0, 0.05) is 6.61 Å². The van der Waals surface area contributed by atoms with Gasteiger partial charge in [-0.1, -0.05) is 30.3 Å². The van der Waals surface area contributed by atoms with Crippen molar-refractivity contribution in [2.45, 2.75) is 11.7 Å². The smallest absolute Gasteiger partial charge is 0.216 e. The molecule has 3 N–H and O–H groups in total. The van der Waals surface area contributed by atoms with E-state index >= 15 is 0 Å². The van der Waals surface area contributed by atoms with Crippen molar-refractivity contribution in [1.82, 2.24) is 0 Å². The van der Waals surface area contributed by atoms with Gasteiger partial charge in [0.15, 0.2) is 0 Å². The van der Waals surface area contributed by atoms with Gasteiger partial charge in [-0.05, 0) is 12.0 Å². The van der Waals surface area contributed by atoms with Gasteiger partial charge in [0.05, 0.1) is 0 Å². The Labute approximate surface area is 83.4 Å². The van der Waals surface area contributed by atoms with E-state index < -0.39 is 15.3 Å². The number of nitrogens with two attached hydrogens (primary N) is 1. The van der Waals surface area contributed by atoms with Crippen LogP contribution in [-0.4, -0.2) is 20.1 Å². The zero-order valence-corrected chi connectivity index (χ0v) is 8.44. The molecule has 0 amide bonds. The normalized spacial score (nSPS) is 13.9. The Morgan fingerprint density at radius 2 is 1.86 bits per heavy atom. The predicted octanol–water partition coefficient (Wildman–Crippen LogP) is 0.399. The van der Waals surface area contributed by atoms with Crippen molar-refractivity contribution in [3.8, 4) is 0 Å². The van der Waals surface area contributed by atoms with E-state index in [1.54, 1.807) is 30.3 Å². The lowest BCUT2D eigenvalue weighted by Gasteiger charge is -2.13. The van der Waals surface area contributed by atoms with Crippen molar-refractivity contribution < 1.29 is 13.5 Å². The molecule has 14 heavy (non-hydrogen) atoms. The SMILES string of the molecule is NS(=O)(=O)C(CCO)c1ccccc1. The minimum Gasteiger partial charge on any atom is -0.396 e. The number of sulfonamides is 1. The van der Waals surface area contributed by atoms with Gasteiger partial charge < -0.3 is 5.11 Å². The highest BCUT2D eigenvalue weighted by Gasteiger charge is 2.22. The van der Waals surface area contributed by atoms with Gasteiger partial charge in [0.25, 0.3) is 0 Å². The highest BCUT2D eigenvalue weighted by molar-refractivity contribution is 7.89. The maximum Gasteiger partial charge on any atom is 0.216 e. The van der Waals surface area contributed by atoms with Gasteiger partial charge in [-0.3, -0.25) is 0 Å². The number of aliphatic hydroxyl groups is 1. The summed E-state index contributed by atoms with van der Waals surface area (Å²) in [4.78, 5) is 0. The second kappa shape index (κ2) is 4.54. The minimum atomic E-state index is -3.64. The van der Waals surface area contributed by atoms with E-state index in [-0.39, 0.29) is 13.0 Å². The molecule has 0 bridgehead atoms. The summed E-state index contributed by atoms with van der Waals surface area (Å²) in [6.45, 7) is -0.198. The Morgan fingerprint density at radius 1 is 1.29 bits per heavy atom. The molecule has 0 heterocycles. The molecule has 5 heteroatoms. The van der Waals surface area contributed by atoms with Crippen LogP contribution in [0.15, 0.2) is 30.3 Å². The summed E-state index contributed by atoms with van der Waals surface area (Å²) in [5, 5.41) is 13.0. The molecule has 0 fully saturated rings. The Balaban J connectivity index is 3.02. The van der Waals surface area contributed by atoms with Crippen LogP contribution >= 0.6 is 0 Å². The summed E-state index contributed by atoms with van der Waals surface area (Å²) in [6.07, 6.45) is 0.128. The summed E-state index contributed by atoms with van der Waals surface area (Å²) in [6, 6.07) is 8.65. The Kier molecular flexibility index (Phi) is 3.62. The summed E-state index contributed by atoms with van der Waals surface area (Å²) in [5.41, 5.74) is 0.615. The maximum absolute atomic E-state index is 11.2. The zero-order valence-electron chi connectivity index (χ0n) is 7.63. The number of benzene rings is 1. The molecule has 1 aromatic rings. The molecule has 78 valence electrons. The van der Waals surface area contributed by atoms with Crippen molar-refractivity contribution in [3.63, 3.8) is 0 Å². The molecular formula is C9H13NO3S. The molecule has 0 saturated heterocycles. The van der Waals surface area contributed by atoms with E-state index in [9.17, 15) is 8.42 Å². The van der Waals surface area contributed by atoms with Crippen molar-refractivity contribution in [2.75, 3.05) is 6.61 Å². The van der Waals surface area contributed by atoms with Crippen molar-refractivity contribution in [2.24, 2.45) is 5.14 Å². The molecule has 1 unspecified atom stereocenters. The van der Waals surface area contributed by atoms with Gasteiger partial charge in [0.2, 0.25) is 10.0 Å². The molecule has 1 rings (SSSR count). The third kappa shape index (κ3) is 2.80. The molecule has 0 aliphatic heterocycles. The number of aliphatic hydroxyl groups excluding tert-OH is 1. The topological polar surface area (TPSA) is 80.4 Å². The van der Waals surface area contributed by atoms with Crippen LogP contribution in [-0.2, 0) is 10.0 Å². The first-order chi connectivity index (χ1) is 6.55. The summed E-state index contributed by atoms with van der Waals surface area (Å²) in [7, 11) is -3.64. The molecule has 0 spiro atoms. The highest BCUT2D eigenvalue weighted by atomic mass is 32.2. The predicted molar refractivity (Wildman–Crippen MR) is 54.0 cm³/mol. The van der Waals surface area contributed by atoms with E-state index in [1.807, 2.05) is 0 Å². The van der Waals surface area contributed by atoms with Crippen molar-refractivity contribution in [3.05, 3.63) is 35.9 Å². The minimum absolute atomic E-state index is 0.128. The third-order valence-corrected chi connectivity index (χ3v) is 3.26. The van der Waals surface area contributed by atoms with E-state index in [1.165, 1.54) is 0 Å². The first-order valence-corrected chi connectivity index (χ1v) is 5.84. The Bertz CT molecular complexity index is 374. The molecule has 0 aliphatic carbocycles. The van der Waals surface area contributed by atoms with E-state index in [0.717, 1.165) is 0 Å². The van der Waals surface area contributed by atoms with Crippen molar-refractivity contribution >= 4 is 10.0 Å². The number of rotatable bonds is 4. The lowest BCUT2D eigenvalue weighted by atomic mass is 10.1. The Hall–Kier alpha value is -0.910. The molecule has 0 aliphatic rings. The van der Waals surface area contributed by atoms with Crippen LogP contribution in [0.2, 0.25) is 0 Å². The summed E-state index contributed by atoms with van der Waals surface area (Å²) >= 11 is 0. The van der Waals surface area contributed by atoms with Crippen LogP contribution in [0.25, 0.3) is 0 Å². The molecule has 4 nitrogen and oxygen atoms in total. The maximum atomic E-state index is 11.2. The van der Waals surface area contributed by atoms with Crippen LogP contribution in [0, 0.1) is 0 Å². The van der Waals surface area contributed by atoms with Crippen molar-refractivity contribution in [1.29, 1.82) is 0 Å². The molecule has 0 saturated carbocycles. The molecule has 1 aromatic carbocycles. The third-order valence-electron chi connectivity index (χ3n) is 1.96. The van der Waals surface area contributed by atoms with Crippen LogP contribution < -0.4 is 5.14 Å². The fourth-order valence-corrected chi connectivity index (χ4v) is 2.28. The van der Waals surface area contributed by atoms with E-state index in [0.29, 0.717) is 5.56 Å². The standard InChI is InChI=1S/C9H13NO3S/c10-14(12,13)9(6-7-11)8-4-2-1-3-5-8/h1-5,9,11H,6-7H2,(H2,10,12,13). The lowest BCUT2D eigenvalue weighted by Crippen LogP contribution is -2.22. The number of hydrogen-bond donors (Lipinski definition) is 2. The highest BCUT2D eigenvalue weighted by Crippen LogP contribution is 2.22. The zero-order chi connectivity index (χ0) is 10.6. The largest absolute Gasteiger partial charge is 0.396 e. The van der Waals surface area contributed by atoms with E-state index in [4.69, 9.17) is 10.2 Å². The number of primary sulfonamides is 1. The van der Waals surface area contributed by atoms with Gasteiger partial charge in [-0.15, -0.1) is 0 Å². The average molecular weight is 215 g/mol. The van der Waals surface area contributed by atoms with Crippen LogP contribution in [0.5, 0.6) is 0 Å². The Morgan fingerprint density at radius 3 is 2.29 bits per heavy atom. The summed E-state index contributed by atoms with van der Waals surface area (Å²) < 4.78 is 22.4. The fourth-order valence-electron chi connectivity index (χ4n) is 1.31. The second-order valence-electron chi connectivity index (χ2n) is 3.00. The van der Waals surface area contributed by atoms with Gasteiger partial charge in [0.1, 0.15) is 5.25 Å². The quantitative estimate of drug-likeness (QED) is 0.762. The van der Waals surface area contributed by atoms with Gasteiger partial charge in [-0.25, -0.2) is 13.6 Å². The summed E-state index contributed by atoms with van der Waals surface area (Å²) in [5.74, 6) is 0. The van der Waals surface area contributed by atoms with Gasteiger partial charge in [-0.2, -0.15) is 0 Å². The van der Waals surface area contributed by atoms with Crippen LogP contribution in [0.3, 0.4) is 0 Å². The average Bonchev–Trinajstić information content (AvgIpc) is 2.14. The van der Waals surface area contributed by atoms with E-state index in [2.05, 4.69) is 0 Å². The molecule has 0 aromatic heterocycles. The number of hydrogen-bond acceptors (Lipinski definition) is 3. The monoisotopic (exact) mass is 215 g/mol.